The fourth-order valence-electron chi connectivity index (χ4n) is 3.79. The van der Waals surface area contributed by atoms with Gasteiger partial charge in [0.15, 0.2) is 11.6 Å². The van der Waals surface area contributed by atoms with Crippen molar-refractivity contribution in [1.82, 2.24) is 15.6 Å². The zero-order valence-electron chi connectivity index (χ0n) is 18.2. The fourth-order valence-corrected chi connectivity index (χ4v) is 4.48. The number of amides is 3. The Morgan fingerprint density at radius 3 is 2.38 bits per heavy atom. The minimum Gasteiger partial charge on any atom is -0.483 e. The summed E-state index contributed by atoms with van der Waals surface area (Å²) in [5.41, 5.74) is 0.321. The zero-order chi connectivity index (χ0) is 23.9. The largest absolute Gasteiger partial charge is 0.483 e. The first kappa shape index (κ1) is 23.6. The molecule has 1 fully saturated rings. The first-order valence-corrected chi connectivity index (χ1v) is 11.8. The summed E-state index contributed by atoms with van der Waals surface area (Å²) in [6.45, 7) is 0.0444. The van der Waals surface area contributed by atoms with E-state index in [2.05, 4.69) is 20.9 Å². The molecule has 0 bridgehead atoms. The average Bonchev–Trinajstić information content (AvgIpc) is 3.31. The number of urea groups is 1. The highest BCUT2D eigenvalue weighted by Gasteiger charge is 2.29. The third-order valence-electron chi connectivity index (χ3n) is 5.49. The van der Waals surface area contributed by atoms with E-state index in [1.54, 1.807) is 29.6 Å². The maximum Gasteiger partial charge on any atom is 0.319 e. The molecule has 0 unspecified atom stereocenters. The summed E-state index contributed by atoms with van der Waals surface area (Å²) >= 11 is 1.24. The van der Waals surface area contributed by atoms with Crippen LogP contribution in [0.2, 0.25) is 0 Å². The molecule has 1 heterocycles. The summed E-state index contributed by atoms with van der Waals surface area (Å²) in [4.78, 5) is 29.5. The van der Waals surface area contributed by atoms with Gasteiger partial charge in [-0.3, -0.25) is 4.79 Å². The van der Waals surface area contributed by atoms with Gasteiger partial charge in [0.2, 0.25) is 0 Å². The maximum absolute atomic E-state index is 13.8. The van der Waals surface area contributed by atoms with Crippen molar-refractivity contribution in [3.63, 3.8) is 0 Å². The van der Waals surface area contributed by atoms with E-state index < -0.39 is 17.7 Å². The summed E-state index contributed by atoms with van der Waals surface area (Å²) in [5, 5.41) is 10.5. The Balaban J connectivity index is 1.32. The van der Waals surface area contributed by atoms with E-state index >= 15 is 0 Å². The van der Waals surface area contributed by atoms with E-state index in [1.807, 2.05) is 0 Å². The van der Waals surface area contributed by atoms with Gasteiger partial charge in [0.05, 0.1) is 11.7 Å². The zero-order valence-corrected chi connectivity index (χ0v) is 19.0. The SMILES string of the molecule is O=C(Nc1ccccc1F)N[C@H]1CCCC[C@H]1NC(=O)c1csc(COc2ccccc2F)n1. The predicted molar refractivity (Wildman–Crippen MR) is 125 cm³/mol. The molecule has 0 aliphatic heterocycles. The van der Waals surface area contributed by atoms with Crippen molar-refractivity contribution in [3.8, 4) is 5.75 Å². The van der Waals surface area contributed by atoms with Crippen LogP contribution in [0.5, 0.6) is 5.75 Å². The molecule has 3 amide bonds. The van der Waals surface area contributed by atoms with Crippen LogP contribution in [0.25, 0.3) is 0 Å². The first-order valence-electron chi connectivity index (χ1n) is 10.9. The van der Waals surface area contributed by atoms with Crippen LogP contribution in [0.1, 0.15) is 41.2 Å². The third-order valence-corrected chi connectivity index (χ3v) is 6.32. The average molecular weight is 487 g/mol. The molecule has 10 heteroatoms. The number of ether oxygens (including phenoxy) is 1. The van der Waals surface area contributed by atoms with E-state index in [-0.39, 0.29) is 41.7 Å². The van der Waals surface area contributed by atoms with Gasteiger partial charge in [-0.15, -0.1) is 11.3 Å². The lowest BCUT2D eigenvalue weighted by atomic mass is 9.90. The molecule has 3 N–H and O–H groups in total. The van der Waals surface area contributed by atoms with Crippen LogP contribution in [-0.4, -0.2) is 29.0 Å². The monoisotopic (exact) mass is 486 g/mol. The van der Waals surface area contributed by atoms with Crippen LogP contribution in [-0.2, 0) is 6.61 Å². The Morgan fingerprint density at radius 1 is 0.971 bits per heavy atom. The molecule has 178 valence electrons. The summed E-state index contributed by atoms with van der Waals surface area (Å²) in [6.07, 6.45) is 3.21. The number of anilines is 1. The van der Waals surface area contributed by atoms with Gasteiger partial charge < -0.3 is 20.7 Å². The maximum atomic E-state index is 13.8. The number of carbonyl (C=O) groups is 2. The topological polar surface area (TPSA) is 92.4 Å². The second-order valence-corrected chi connectivity index (χ2v) is 8.84. The molecule has 1 saturated carbocycles. The minimum absolute atomic E-state index is 0.0444. The van der Waals surface area contributed by atoms with Gasteiger partial charge in [-0.25, -0.2) is 18.6 Å². The first-order chi connectivity index (χ1) is 16.5. The van der Waals surface area contributed by atoms with Crippen molar-refractivity contribution in [2.75, 3.05) is 5.32 Å². The third kappa shape index (κ3) is 6.07. The molecule has 1 aliphatic carbocycles. The molecule has 1 aliphatic rings. The molecular weight excluding hydrogens is 462 g/mol. The molecule has 7 nitrogen and oxygen atoms in total. The van der Waals surface area contributed by atoms with E-state index in [0.29, 0.717) is 17.8 Å². The highest BCUT2D eigenvalue weighted by atomic mass is 32.1. The van der Waals surface area contributed by atoms with Crippen LogP contribution >= 0.6 is 11.3 Å². The number of nitrogens with one attached hydrogen (secondary N) is 3. The smallest absolute Gasteiger partial charge is 0.319 e. The van der Waals surface area contributed by atoms with Gasteiger partial charge in [0.25, 0.3) is 5.91 Å². The summed E-state index contributed by atoms with van der Waals surface area (Å²) in [7, 11) is 0. The number of nitrogens with zero attached hydrogens (tertiary/aromatic N) is 1. The summed E-state index contributed by atoms with van der Waals surface area (Å²) < 4.78 is 32.9. The van der Waals surface area contributed by atoms with E-state index in [9.17, 15) is 18.4 Å². The van der Waals surface area contributed by atoms with Crippen LogP contribution in [0.4, 0.5) is 19.3 Å². The fraction of sp³-hybridized carbons (Fsp3) is 0.292. The molecule has 4 rings (SSSR count). The van der Waals surface area contributed by atoms with Crippen molar-refractivity contribution < 1.29 is 23.1 Å². The van der Waals surface area contributed by atoms with Crippen molar-refractivity contribution in [2.45, 2.75) is 44.4 Å². The molecule has 34 heavy (non-hydrogen) atoms. The minimum atomic E-state index is -0.530. The van der Waals surface area contributed by atoms with E-state index in [4.69, 9.17) is 4.74 Å². The van der Waals surface area contributed by atoms with Crippen molar-refractivity contribution >= 4 is 29.0 Å². The van der Waals surface area contributed by atoms with Crippen LogP contribution in [0, 0.1) is 11.6 Å². The molecule has 3 aromatic rings. The Bertz CT molecular complexity index is 1160. The van der Waals surface area contributed by atoms with Crippen molar-refractivity contribution in [2.24, 2.45) is 0 Å². The Labute approximate surface area is 199 Å². The predicted octanol–water partition coefficient (Wildman–Crippen LogP) is 4.86. The van der Waals surface area contributed by atoms with E-state index in [1.165, 1.54) is 35.6 Å². The Hall–Kier alpha value is -3.53. The Kier molecular flexibility index (Phi) is 7.69. The number of thiazole rings is 1. The van der Waals surface area contributed by atoms with Crippen LogP contribution in [0.15, 0.2) is 53.9 Å². The van der Waals surface area contributed by atoms with Gasteiger partial charge >= 0.3 is 6.03 Å². The van der Waals surface area contributed by atoms with Gasteiger partial charge in [-0.2, -0.15) is 0 Å². The normalized spacial score (nSPS) is 17.6. The quantitative estimate of drug-likeness (QED) is 0.445. The second-order valence-electron chi connectivity index (χ2n) is 7.89. The highest BCUT2D eigenvalue weighted by molar-refractivity contribution is 7.09. The van der Waals surface area contributed by atoms with Crippen LogP contribution < -0.4 is 20.7 Å². The molecule has 0 spiro atoms. The number of halogens is 2. The lowest BCUT2D eigenvalue weighted by Crippen LogP contribution is -2.54. The number of aromatic nitrogens is 1. The molecule has 0 saturated heterocycles. The standard InChI is InChI=1S/C24H24F2N4O3S/c25-15-7-1-3-9-17(15)29-24(32)30-19-11-5-4-10-18(19)28-23(31)20-14-34-22(27-20)13-33-21-12-6-2-8-16(21)26/h1-3,6-9,12,14,18-19H,4-5,10-11,13H2,(H,28,31)(H2,29,30,32)/t18-,19+/m1/s1. The van der Waals surface area contributed by atoms with Gasteiger partial charge in [-0.05, 0) is 37.1 Å². The lowest BCUT2D eigenvalue weighted by molar-refractivity contribution is 0.0911. The molecule has 2 atom stereocenters. The van der Waals surface area contributed by atoms with Gasteiger partial charge in [-0.1, -0.05) is 37.1 Å². The molecular formula is C24H24F2N4O3S. The summed E-state index contributed by atoms with van der Waals surface area (Å²) in [5.74, 6) is -1.23. The molecule has 2 aromatic carbocycles. The number of hydrogen-bond donors (Lipinski definition) is 3. The lowest BCUT2D eigenvalue weighted by Gasteiger charge is -2.32. The number of carbonyl (C=O) groups excluding carboxylic acids is 2. The summed E-state index contributed by atoms with van der Waals surface area (Å²) in [6, 6.07) is 10.9. The number of para-hydroxylation sites is 2. The van der Waals surface area contributed by atoms with Crippen LogP contribution in [0.3, 0.4) is 0 Å². The van der Waals surface area contributed by atoms with Gasteiger partial charge in [0, 0.05) is 11.4 Å². The van der Waals surface area contributed by atoms with Crippen molar-refractivity contribution in [1.29, 1.82) is 0 Å². The second kappa shape index (κ2) is 11.1. The van der Waals surface area contributed by atoms with E-state index in [0.717, 1.165) is 12.8 Å². The molecule has 1 aromatic heterocycles. The van der Waals surface area contributed by atoms with Crippen molar-refractivity contribution in [3.05, 3.63) is 76.2 Å². The number of benzene rings is 2. The highest BCUT2D eigenvalue weighted by Crippen LogP contribution is 2.21. The number of hydrogen-bond acceptors (Lipinski definition) is 5. The number of rotatable bonds is 7. The van der Waals surface area contributed by atoms with Gasteiger partial charge in [0.1, 0.15) is 23.1 Å². The Morgan fingerprint density at radius 2 is 1.65 bits per heavy atom. The molecule has 0 radical (unpaired) electrons.